The number of nitrogens with zero attached hydrogens (tertiary/aromatic N) is 2. The first-order chi connectivity index (χ1) is 8.19. The average Bonchev–Trinajstić information content (AvgIpc) is 3.03. The van der Waals surface area contributed by atoms with Crippen molar-refractivity contribution < 1.29 is 9.53 Å². The third-order valence-electron chi connectivity index (χ3n) is 2.59. The van der Waals surface area contributed by atoms with E-state index in [9.17, 15) is 4.79 Å². The van der Waals surface area contributed by atoms with Crippen LogP contribution in [0.3, 0.4) is 0 Å². The zero-order valence-corrected chi connectivity index (χ0v) is 11.3. The van der Waals surface area contributed by atoms with Crippen LogP contribution in [0.15, 0.2) is 6.20 Å². The molecule has 94 valence electrons. The molecule has 0 amide bonds. The van der Waals surface area contributed by atoms with Crippen molar-refractivity contribution >= 4 is 28.9 Å². The minimum Gasteiger partial charge on any atom is -0.465 e. The van der Waals surface area contributed by atoms with Gasteiger partial charge in [-0.15, -0.1) is 11.3 Å². The zero-order valence-electron chi connectivity index (χ0n) is 9.69. The van der Waals surface area contributed by atoms with Gasteiger partial charge in [0.2, 0.25) is 0 Å². The van der Waals surface area contributed by atoms with E-state index in [4.69, 9.17) is 16.3 Å². The van der Waals surface area contributed by atoms with Gasteiger partial charge in [-0.1, -0.05) is 11.6 Å². The van der Waals surface area contributed by atoms with Crippen LogP contribution in [0.2, 0.25) is 4.47 Å². The lowest BCUT2D eigenvalue weighted by atomic mass is 10.4. The molecule has 6 heteroatoms. The highest BCUT2D eigenvalue weighted by atomic mass is 35.5. The summed E-state index contributed by atoms with van der Waals surface area (Å²) in [6.07, 6.45) is 4.09. The normalized spacial score (nSPS) is 15.2. The largest absolute Gasteiger partial charge is 0.465 e. The molecule has 0 saturated heterocycles. The van der Waals surface area contributed by atoms with Gasteiger partial charge in [-0.2, -0.15) is 0 Å². The first-order valence-corrected chi connectivity index (χ1v) is 6.88. The number of thiazole rings is 1. The fourth-order valence-corrected chi connectivity index (χ4v) is 2.69. The quantitative estimate of drug-likeness (QED) is 0.747. The number of hydrogen-bond donors (Lipinski definition) is 0. The van der Waals surface area contributed by atoms with E-state index in [0.717, 1.165) is 24.3 Å². The first kappa shape index (κ1) is 12.8. The van der Waals surface area contributed by atoms with Crippen molar-refractivity contribution in [2.75, 3.05) is 13.2 Å². The molecule has 0 spiro atoms. The Labute approximate surface area is 110 Å². The van der Waals surface area contributed by atoms with Crippen LogP contribution in [-0.4, -0.2) is 35.0 Å². The van der Waals surface area contributed by atoms with Gasteiger partial charge in [0.15, 0.2) is 4.47 Å². The SMILES string of the molecule is CCOC(=O)CN(Cc1cnc(Cl)s1)C1CC1. The first-order valence-electron chi connectivity index (χ1n) is 5.69. The smallest absolute Gasteiger partial charge is 0.320 e. The molecule has 1 saturated carbocycles. The summed E-state index contributed by atoms with van der Waals surface area (Å²) >= 11 is 7.25. The molecule has 0 atom stereocenters. The highest BCUT2D eigenvalue weighted by Crippen LogP contribution is 2.29. The second kappa shape index (κ2) is 5.80. The summed E-state index contributed by atoms with van der Waals surface area (Å²) in [5, 5.41) is 0. The van der Waals surface area contributed by atoms with E-state index in [1.165, 1.54) is 11.3 Å². The fraction of sp³-hybridized carbons (Fsp3) is 0.636. The van der Waals surface area contributed by atoms with E-state index in [-0.39, 0.29) is 5.97 Å². The van der Waals surface area contributed by atoms with Gasteiger partial charge in [0, 0.05) is 23.7 Å². The molecule has 0 radical (unpaired) electrons. The van der Waals surface area contributed by atoms with E-state index in [1.54, 1.807) is 6.20 Å². The minimum atomic E-state index is -0.157. The maximum Gasteiger partial charge on any atom is 0.320 e. The molecular formula is C11H15ClN2O2S. The standard InChI is InChI=1S/C11H15ClN2O2S/c1-2-16-10(15)7-14(8-3-4-8)6-9-5-13-11(12)17-9/h5,8H,2-4,6-7H2,1H3. The monoisotopic (exact) mass is 274 g/mol. The highest BCUT2D eigenvalue weighted by molar-refractivity contribution is 7.15. The van der Waals surface area contributed by atoms with Crippen molar-refractivity contribution in [3.63, 3.8) is 0 Å². The fourth-order valence-electron chi connectivity index (χ4n) is 1.68. The molecular weight excluding hydrogens is 260 g/mol. The van der Waals surface area contributed by atoms with Gasteiger partial charge in [0.1, 0.15) is 0 Å². The van der Waals surface area contributed by atoms with E-state index >= 15 is 0 Å². The van der Waals surface area contributed by atoms with Crippen LogP contribution in [0.25, 0.3) is 0 Å². The molecule has 1 aromatic heterocycles. The minimum absolute atomic E-state index is 0.157. The summed E-state index contributed by atoms with van der Waals surface area (Å²) < 4.78 is 5.52. The molecule has 0 bridgehead atoms. The molecule has 17 heavy (non-hydrogen) atoms. The summed E-state index contributed by atoms with van der Waals surface area (Å²) in [6, 6.07) is 0.514. The second-order valence-electron chi connectivity index (χ2n) is 4.02. The molecule has 1 aliphatic carbocycles. The molecule has 0 unspecified atom stereocenters. The van der Waals surface area contributed by atoms with Gasteiger partial charge >= 0.3 is 5.97 Å². The maximum absolute atomic E-state index is 11.5. The predicted molar refractivity (Wildman–Crippen MR) is 67.2 cm³/mol. The van der Waals surface area contributed by atoms with E-state index in [1.807, 2.05) is 6.92 Å². The van der Waals surface area contributed by atoms with Crippen molar-refractivity contribution in [3.05, 3.63) is 15.5 Å². The van der Waals surface area contributed by atoms with Crippen LogP contribution >= 0.6 is 22.9 Å². The molecule has 4 nitrogen and oxygen atoms in total. The zero-order chi connectivity index (χ0) is 12.3. The number of carbonyl (C=O) groups is 1. The number of ether oxygens (including phenoxy) is 1. The number of halogens is 1. The summed E-state index contributed by atoms with van der Waals surface area (Å²) in [7, 11) is 0. The number of rotatable bonds is 6. The van der Waals surface area contributed by atoms with E-state index in [0.29, 0.717) is 23.7 Å². The Hall–Kier alpha value is -0.650. The molecule has 1 heterocycles. The molecule has 1 aliphatic rings. The van der Waals surface area contributed by atoms with Crippen molar-refractivity contribution in [2.24, 2.45) is 0 Å². The van der Waals surface area contributed by atoms with Crippen LogP contribution in [0.5, 0.6) is 0 Å². The lowest BCUT2D eigenvalue weighted by molar-refractivity contribution is -0.144. The molecule has 2 rings (SSSR count). The summed E-state index contributed by atoms with van der Waals surface area (Å²) in [5.41, 5.74) is 0. The Morgan fingerprint density at radius 3 is 3.00 bits per heavy atom. The topological polar surface area (TPSA) is 42.4 Å². The highest BCUT2D eigenvalue weighted by Gasteiger charge is 2.30. The summed E-state index contributed by atoms with van der Waals surface area (Å²) in [5.74, 6) is -0.157. The van der Waals surface area contributed by atoms with Crippen molar-refractivity contribution in [1.82, 2.24) is 9.88 Å². The van der Waals surface area contributed by atoms with Crippen LogP contribution in [0.4, 0.5) is 0 Å². The summed E-state index contributed by atoms with van der Waals surface area (Å²) in [6.45, 7) is 3.34. The Bertz CT molecular complexity index is 393. The van der Waals surface area contributed by atoms with Gasteiger partial charge in [0.05, 0.1) is 13.2 Å². The van der Waals surface area contributed by atoms with Gasteiger partial charge < -0.3 is 4.74 Å². The number of esters is 1. The Morgan fingerprint density at radius 2 is 2.47 bits per heavy atom. The third-order valence-corrected chi connectivity index (χ3v) is 3.68. The molecule has 0 aliphatic heterocycles. The Balaban J connectivity index is 1.91. The van der Waals surface area contributed by atoms with Gasteiger partial charge in [0.25, 0.3) is 0 Å². The number of aromatic nitrogens is 1. The average molecular weight is 275 g/mol. The predicted octanol–water partition coefficient (Wildman–Crippen LogP) is 2.32. The number of hydrogen-bond acceptors (Lipinski definition) is 5. The van der Waals surface area contributed by atoms with Gasteiger partial charge in [-0.3, -0.25) is 9.69 Å². The molecule has 0 aromatic carbocycles. The molecule has 1 fully saturated rings. The molecule has 1 aromatic rings. The third kappa shape index (κ3) is 3.94. The maximum atomic E-state index is 11.5. The van der Waals surface area contributed by atoms with Crippen LogP contribution < -0.4 is 0 Å². The van der Waals surface area contributed by atoms with Crippen LogP contribution in [0, 0.1) is 0 Å². The second-order valence-corrected chi connectivity index (χ2v) is 5.72. The van der Waals surface area contributed by atoms with Crippen molar-refractivity contribution in [1.29, 1.82) is 0 Å². The van der Waals surface area contributed by atoms with Crippen LogP contribution in [0.1, 0.15) is 24.6 Å². The Morgan fingerprint density at radius 1 is 1.71 bits per heavy atom. The van der Waals surface area contributed by atoms with Gasteiger partial charge in [-0.25, -0.2) is 4.98 Å². The number of carbonyl (C=O) groups excluding carboxylic acids is 1. The van der Waals surface area contributed by atoms with Gasteiger partial charge in [-0.05, 0) is 19.8 Å². The van der Waals surface area contributed by atoms with E-state index < -0.39 is 0 Å². The lowest BCUT2D eigenvalue weighted by Crippen LogP contribution is -2.32. The Kier molecular flexibility index (Phi) is 4.36. The van der Waals surface area contributed by atoms with Crippen molar-refractivity contribution in [2.45, 2.75) is 32.4 Å². The van der Waals surface area contributed by atoms with Crippen molar-refractivity contribution in [3.8, 4) is 0 Å². The molecule has 0 N–H and O–H groups in total. The summed E-state index contributed by atoms with van der Waals surface area (Å²) in [4.78, 5) is 18.7. The van der Waals surface area contributed by atoms with E-state index in [2.05, 4.69) is 9.88 Å². The van der Waals surface area contributed by atoms with Crippen LogP contribution in [-0.2, 0) is 16.1 Å². The lowest BCUT2D eigenvalue weighted by Gasteiger charge is -2.19.